The number of carbonyl (C=O) groups is 4. The number of benzene rings is 2. The smallest absolute Gasteiger partial charge is 0.349 e. The van der Waals surface area contributed by atoms with Gasteiger partial charge in [0, 0.05) is 23.9 Å². The minimum absolute atomic E-state index is 0.0900. The molecule has 1 aliphatic rings. The van der Waals surface area contributed by atoms with Gasteiger partial charge in [0.1, 0.15) is 17.2 Å². The van der Waals surface area contributed by atoms with Crippen molar-refractivity contribution in [1.29, 1.82) is 0 Å². The standard InChI is InChI=1S/C31H37N7O6/c1-17-20-12-11-19(16-24(20)44-30(43)25(17)27(32)40)26(39)21(9-5-14-36-31(33)34)37-29(42)23(15-18-7-3-2-4-8-18)38-28(41)22-10-6-13-35-22/h2-4,7-8,11-12,16,21-23,35H,5-6,9-10,13-15H2,1H3,(H2,32,40)(H,37,42)(H,38,41)(H4,33,34,36)/t21-,22-,23-/m0/s1. The molecule has 2 heterocycles. The molecule has 13 heteroatoms. The normalized spacial score (nSPS) is 15.7. The van der Waals surface area contributed by atoms with E-state index in [0.717, 1.165) is 18.5 Å². The molecule has 0 spiro atoms. The van der Waals surface area contributed by atoms with Gasteiger partial charge in [0.25, 0.3) is 5.91 Å². The molecule has 3 atom stereocenters. The van der Waals surface area contributed by atoms with Crippen molar-refractivity contribution in [2.24, 2.45) is 22.2 Å². The molecule has 0 unspecified atom stereocenters. The molecule has 1 aliphatic heterocycles. The van der Waals surface area contributed by atoms with Crippen molar-refractivity contribution in [3.05, 3.63) is 81.2 Å². The maximum atomic E-state index is 13.8. The Morgan fingerprint density at radius 1 is 1.05 bits per heavy atom. The zero-order valence-electron chi connectivity index (χ0n) is 24.4. The minimum atomic E-state index is -1.02. The van der Waals surface area contributed by atoms with Crippen molar-refractivity contribution < 1.29 is 23.6 Å². The number of nitrogens with zero attached hydrogens (tertiary/aromatic N) is 1. The van der Waals surface area contributed by atoms with Gasteiger partial charge in [-0.1, -0.05) is 42.5 Å². The molecule has 232 valence electrons. The fourth-order valence-corrected chi connectivity index (χ4v) is 5.28. The number of carbonyl (C=O) groups excluding carboxylic acids is 4. The second kappa shape index (κ2) is 14.4. The first-order valence-electron chi connectivity index (χ1n) is 14.4. The largest absolute Gasteiger partial charge is 0.422 e. The molecule has 0 radical (unpaired) electrons. The first kappa shape index (κ1) is 31.9. The average Bonchev–Trinajstić information content (AvgIpc) is 3.53. The number of hydrogen-bond donors (Lipinski definition) is 6. The SMILES string of the molecule is Cc1c(C(N)=O)c(=O)oc2cc(C(=O)[C@H](CCCN=C(N)N)NC(=O)[C@H](Cc3ccccc3)NC(=O)[C@@H]3CCCN3)ccc12. The number of rotatable bonds is 13. The summed E-state index contributed by atoms with van der Waals surface area (Å²) >= 11 is 0. The van der Waals surface area contributed by atoms with E-state index in [2.05, 4.69) is 20.9 Å². The van der Waals surface area contributed by atoms with Crippen molar-refractivity contribution >= 4 is 40.4 Å². The highest BCUT2D eigenvalue weighted by Gasteiger charge is 2.31. The van der Waals surface area contributed by atoms with Crippen LogP contribution in [0.3, 0.4) is 0 Å². The van der Waals surface area contributed by atoms with Gasteiger partial charge in [-0.3, -0.25) is 24.2 Å². The van der Waals surface area contributed by atoms with E-state index in [1.807, 2.05) is 30.3 Å². The summed E-state index contributed by atoms with van der Waals surface area (Å²) in [5.41, 5.74) is 16.5. The third kappa shape index (κ3) is 7.86. The van der Waals surface area contributed by atoms with Gasteiger partial charge in [0.05, 0.1) is 12.1 Å². The number of aliphatic imine (C=N–C) groups is 1. The lowest BCUT2D eigenvalue weighted by atomic mass is 9.96. The minimum Gasteiger partial charge on any atom is -0.422 e. The molecular weight excluding hydrogens is 566 g/mol. The zero-order chi connectivity index (χ0) is 31.8. The van der Waals surface area contributed by atoms with E-state index in [4.69, 9.17) is 21.6 Å². The summed E-state index contributed by atoms with van der Waals surface area (Å²) in [6.45, 7) is 2.51. The summed E-state index contributed by atoms with van der Waals surface area (Å²) in [5.74, 6) is -2.29. The molecule has 1 aromatic heterocycles. The number of primary amides is 1. The van der Waals surface area contributed by atoms with Crippen molar-refractivity contribution in [2.75, 3.05) is 13.1 Å². The number of hydrogen-bond acceptors (Lipinski definition) is 8. The van der Waals surface area contributed by atoms with Crippen LogP contribution in [0.15, 0.2) is 62.7 Å². The van der Waals surface area contributed by atoms with Crippen LogP contribution in [-0.2, 0) is 16.0 Å². The Balaban J connectivity index is 1.62. The van der Waals surface area contributed by atoms with Gasteiger partial charge in [-0.25, -0.2) is 4.79 Å². The van der Waals surface area contributed by atoms with E-state index >= 15 is 0 Å². The quantitative estimate of drug-likeness (QED) is 0.0522. The summed E-state index contributed by atoms with van der Waals surface area (Å²) in [4.78, 5) is 68.6. The lowest BCUT2D eigenvalue weighted by molar-refractivity contribution is -0.130. The average molecular weight is 604 g/mol. The number of amides is 3. The summed E-state index contributed by atoms with van der Waals surface area (Å²) in [7, 11) is 0. The number of nitrogens with two attached hydrogens (primary N) is 3. The molecule has 2 aromatic carbocycles. The van der Waals surface area contributed by atoms with Crippen LogP contribution in [-0.4, -0.2) is 60.7 Å². The highest BCUT2D eigenvalue weighted by Crippen LogP contribution is 2.22. The van der Waals surface area contributed by atoms with E-state index < -0.39 is 41.3 Å². The molecule has 0 saturated carbocycles. The summed E-state index contributed by atoms with van der Waals surface area (Å²) in [5, 5.41) is 9.26. The monoisotopic (exact) mass is 603 g/mol. The first-order valence-corrected chi connectivity index (χ1v) is 14.4. The first-order chi connectivity index (χ1) is 21.0. The third-order valence-corrected chi connectivity index (χ3v) is 7.57. The number of fused-ring (bicyclic) bond motifs is 1. The molecule has 13 nitrogen and oxygen atoms in total. The summed E-state index contributed by atoms with van der Waals surface area (Å²) in [6, 6.07) is 11.3. The van der Waals surface area contributed by atoms with Crippen LogP contribution in [0.2, 0.25) is 0 Å². The summed E-state index contributed by atoms with van der Waals surface area (Å²) in [6.07, 6.45) is 2.27. The number of nitrogens with one attached hydrogen (secondary N) is 3. The van der Waals surface area contributed by atoms with Crippen LogP contribution in [0.1, 0.15) is 57.5 Å². The Labute approximate surface area is 253 Å². The Bertz CT molecular complexity index is 1630. The molecule has 0 aliphatic carbocycles. The number of guanidine groups is 1. The molecule has 9 N–H and O–H groups in total. The van der Waals surface area contributed by atoms with Crippen LogP contribution >= 0.6 is 0 Å². The Kier molecular flexibility index (Phi) is 10.5. The number of aryl methyl sites for hydroxylation is 1. The van der Waals surface area contributed by atoms with Crippen LogP contribution in [0.25, 0.3) is 11.0 Å². The van der Waals surface area contributed by atoms with Gasteiger partial charge in [0.15, 0.2) is 11.7 Å². The maximum Gasteiger partial charge on any atom is 0.349 e. The second-order valence-corrected chi connectivity index (χ2v) is 10.7. The second-order valence-electron chi connectivity index (χ2n) is 10.7. The van der Waals surface area contributed by atoms with Gasteiger partial charge >= 0.3 is 5.63 Å². The van der Waals surface area contributed by atoms with E-state index in [0.29, 0.717) is 23.8 Å². The van der Waals surface area contributed by atoms with Gasteiger partial charge in [-0.05, 0) is 56.3 Å². The number of Topliss-reactive ketones (excluding diaryl/α,β-unsaturated/α-hetero) is 1. The third-order valence-electron chi connectivity index (χ3n) is 7.57. The highest BCUT2D eigenvalue weighted by molar-refractivity contribution is 6.05. The van der Waals surface area contributed by atoms with Gasteiger partial charge < -0.3 is 37.6 Å². The van der Waals surface area contributed by atoms with Crippen molar-refractivity contribution in [3.63, 3.8) is 0 Å². The molecule has 3 aromatic rings. The zero-order valence-corrected chi connectivity index (χ0v) is 24.4. The maximum absolute atomic E-state index is 13.8. The van der Waals surface area contributed by atoms with Crippen molar-refractivity contribution in [1.82, 2.24) is 16.0 Å². The topological polar surface area (TPSA) is 225 Å². The molecular formula is C31H37N7O6. The van der Waals surface area contributed by atoms with Crippen LogP contribution in [0.4, 0.5) is 0 Å². The number of ketones is 1. The fourth-order valence-electron chi connectivity index (χ4n) is 5.28. The predicted molar refractivity (Wildman–Crippen MR) is 165 cm³/mol. The van der Waals surface area contributed by atoms with Crippen molar-refractivity contribution in [2.45, 2.75) is 57.2 Å². The summed E-state index contributed by atoms with van der Waals surface area (Å²) < 4.78 is 5.31. The molecule has 3 amide bonds. The van der Waals surface area contributed by atoms with Gasteiger partial charge in [-0.2, -0.15) is 0 Å². The van der Waals surface area contributed by atoms with E-state index in [1.54, 1.807) is 13.0 Å². The van der Waals surface area contributed by atoms with E-state index in [-0.39, 0.29) is 48.0 Å². The Morgan fingerprint density at radius 2 is 1.80 bits per heavy atom. The molecule has 0 bridgehead atoms. The molecule has 1 fully saturated rings. The lowest BCUT2D eigenvalue weighted by Crippen LogP contribution is -2.55. The lowest BCUT2D eigenvalue weighted by Gasteiger charge is -2.24. The van der Waals surface area contributed by atoms with E-state index in [9.17, 15) is 24.0 Å². The fraction of sp³-hybridized carbons (Fsp3) is 0.355. The van der Waals surface area contributed by atoms with Gasteiger partial charge in [-0.15, -0.1) is 0 Å². The van der Waals surface area contributed by atoms with Gasteiger partial charge in [0.2, 0.25) is 11.8 Å². The molecule has 4 rings (SSSR count). The molecule has 1 saturated heterocycles. The highest BCUT2D eigenvalue weighted by atomic mass is 16.4. The predicted octanol–water partition coefficient (Wildman–Crippen LogP) is 0.401. The Morgan fingerprint density at radius 3 is 2.45 bits per heavy atom. The van der Waals surface area contributed by atoms with Crippen LogP contribution in [0.5, 0.6) is 0 Å². The van der Waals surface area contributed by atoms with Crippen LogP contribution < -0.4 is 38.8 Å². The van der Waals surface area contributed by atoms with E-state index in [1.165, 1.54) is 12.1 Å². The van der Waals surface area contributed by atoms with Crippen LogP contribution in [0, 0.1) is 6.92 Å². The Hall–Kier alpha value is -5.04. The molecule has 44 heavy (non-hydrogen) atoms. The van der Waals surface area contributed by atoms with Crippen molar-refractivity contribution in [3.8, 4) is 0 Å².